The number of nitriles is 1. The molecule has 0 aliphatic heterocycles. The van der Waals surface area contributed by atoms with Crippen molar-refractivity contribution < 1.29 is 23.4 Å². The largest absolute Gasteiger partial charge is 0.507 e. The molecule has 2 aromatic carbocycles. The summed E-state index contributed by atoms with van der Waals surface area (Å²) in [5.41, 5.74) is 3.94. The molecule has 0 saturated heterocycles. The summed E-state index contributed by atoms with van der Waals surface area (Å²) < 4.78 is 31.7. The van der Waals surface area contributed by atoms with Crippen LogP contribution in [0.1, 0.15) is 44.7 Å². The van der Waals surface area contributed by atoms with E-state index in [9.17, 15) is 23.9 Å². The molecule has 0 spiro atoms. The van der Waals surface area contributed by atoms with E-state index in [1.54, 1.807) is 25.1 Å². The van der Waals surface area contributed by atoms with Gasteiger partial charge in [0.1, 0.15) is 28.3 Å². The lowest BCUT2D eigenvalue weighted by atomic mass is 10.1. The number of hydrazone groups is 1. The molecule has 35 heavy (non-hydrogen) atoms. The standard InChI is InChI=1S/C24H19ClF2N4O3S/c1-13-7-19(22(26)27)30-24(18(13)10-28)35-12-15-8-14(3-6-21(15)34-2)11-29-31-23(33)17-5-4-16(25)9-20(17)32/h3-9,11,22,32H,12H2,1-2H3,(H,31,33)/b29-11+. The van der Waals surface area contributed by atoms with E-state index in [0.717, 1.165) is 11.8 Å². The van der Waals surface area contributed by atoms with Crippen LogP contribution in [0.2, 0.25) is 5.02 Å². The Labute approximate surface area is 209 Å². The summed E-state index contributed by atoms with van der Waals surface area (Å²) in [5.74, 6) is -0.0662. The van der Waals surface area contributed by atoms with Gasteiger partial charge < -0.3 is 9.84 Å². The Morgan fingerprint density at radius 2 is 2.11 bits per heavy atom. The van der Waals surface area contributed by atoms with Gasteiger partial charge in [0.15, 0.2) is 0 Å². The van der Waals surface area contributed by atoms with Gasteiger partial charge in [0.05, 0.1) is 24.5 Å². The summed E-state index contributed by atoms with van der Waals surface area (Å²) in [6.45, 7) is 1.59. The van der Waals surface area contributed by atoms with E-state index in [4.69, 9.17) is 16.3 Å². The van der Waals surface area contributed by atoms with Gasteiger partial charge in [-0.3, -0.25) is 4.79 Å². The molecule has 0 unspecified atom stereocenters. The molecular weight excluding hydrogens is 498 g/mol. The Kier molecular flexibility index (Phi) is 8.63. The minimum atomic E-state index is -2.75. The summed E-state index contributed by atoms with van der Waals surface area (Å²) in [5, 5.41) is 23.7. The lowest BCUT2D eigenvalue weighted by molar-refractivity contribution is 0.0952. The molecule has 0 bridgehead atoms. The van der Waals surface area contributed by atoms with Crippen LogP contribution in [0.25, 0.3) is 0 Å². The molecule has 180 valence electrons. The van der Waals surface area contributed by atoms with Gasteiger partial charge in [0.2, 0.25) is 0 Å². The van der Waals surface area contributed by atoms with E-state index < -0.39 is 12.3 Å². The second-order valence-corrected chi connectivity index (χ2v) is 8.58. The summed E-state index contributed by atoms with van der Waals surface area (Å²) in [6.07, 6.45) is -1.35. The average molecular weight is 517 g/mol. The molecule has 11 heteroatoms. The molecule has 0 atom stereocenters. The SMILES string of the molecule is COc1ccc(/C=N/NC(=O)c2ccc(Cl)cc2O)cc1CSc1nc(C(F)F)cc(C)c1C#N. The van der Waals surface area contributed by atoms with E-state index in [2.05, 4.69) is 15.5 Å². The summed E-state index contributed by atoms with van der Waals surface area (Å²) >= 11 is 6.91. The number of nitrogens with one attached hydrogen (secondary N) is 1. The Hall–Kier alpha value is -3.68. The Bertz CT molecular complexity index is 1330. The Morgan fingerprint density at radius 3 is 2.77 bits per heavy atom. The molecule has 1 aromatic heterocycles. The zero-order valence-corrected chi connectivity index (χ0v) is 20.1. The minimum absolute atomic E-state index is 0.0143. The minimum Gasteiger partial charge on any atom is -0.507 e. The van der Waals surface area contributed by atoms with Gasteiger partial charge in [0.25, 0.3) is 12.3 Å². The zero-order valence-electron chi connectivity index (χ0n) is 18.6. The Balaban J connectivity index is 1.77. The van der Waals surface area contributed by atoms with Gasteiger partial charge in [-0.2, -0.15) is 10.4 Å². The topological polar surface area (TPSA) is 108 Å². The highest BCUT2D eigenvalue weighted by molar-refractivity contribution is 7.98. The van der Waals surface area contributed by atoms with Crippen LogP contribution in [0.3, 0.4) is 0 Å². The maximum Gasteiger partial charge on any atom is 0.280 e. The molecule has 0 fully saturated rings. The van der Waals surface area contributed by atoms with Crippen molar-refractivity contribution >= 4 is 35.5 Å². The fourth-order valence-corrected chi connectivity index (χ4v) is 4.29. The first-order chi connectivity index (χ1) is 16.7. The van der Waals surface area contributed by atoms with Crippen molar-refractivity contribution in [2.45, 2.75) is 24.1 Å². The number of hydrogen-bond donors (Lipinski definition) is 2. The number of thioether (sulfide) groups is 1. The van der Waals surface area contributed by atoms with Crippen LogP contribution < -0.4 is 10.2 Å². The van der Waals surface area contributed by atoms with E-state index in [1.807, 2.05) is 6.07 Å². The average Bonchev–Trinajstić information content (AvgIpc) is 2.82. The van der Waals surface area contributed by atoms with Crippen LogP contribution in [0, 0.1) is 18.3 Å². The van der Waals surface area contributed by atoms with Gasteiger partial charge >= 0.3 is 0 Å². The molecule has 1 heterocycles. The van der Waals surface area contributed by atoms with Gasteiger partial charge in [-0.15, -0.1) is 11.8 Å². The van der Waals surface area contributed by atoms with Crippen LogP contribution in [0.5, 0.6) is 11.5 Å². The molecule has 2 N–H and O–H groups in total. The second-order valence-electron chi connectivity index (χ2n) is 7.18. The number of nitrogens with zero attached hydrogens (tertiary/aromatic N) is 3. The normalized spacial score (nSPS) is 11.0. The highest BCUT2D eigenvalue weighted by Gasteiger charge is 2.17. The van der Waals surface area contributed by atoms with Crippen LogP contribution >= 0.6 is 23.4 Å². The molecule has 0 saturated carbocycles. The molecule has 7 nitrogen and oxygen atoms in total. The number of halogens is 3. The molecule has 3 rings (SSSR count). The third kappa shape index (κ3) is 6.47. The van der Waals surface area contributed by atoms with E-state index in [-0.39, 0.29) is 33.3 Å². The third-order valence-corrected chi connectivity index (χ3v) is 6.05. The van der Waals surface area contributed by atoms with Gasteiger partial charge in [0, 0.05) is 16.3 Å². The van der Waals surface area contributed by atoms with Crippen molar-refractivity contribution in [3.63, 3.8) is 0 Å². The first-order valence-corrected chi connectivity index (χ1v) is 11.4. The van der Waals surface area contributed by atoms with E-state index >= 15 is 0 Å². The number of rotatable bonds is 8. The quantitative estimate of drug-likeness (QED) is 0.228. The second kappa shape index (κ2) is 11.6. The van der Waals surface area contributed by atoms with Crippen molar-refractivity contribution in [1.29, 1.82) is 5.26 Å². The number of aryl methyl sites for hydroxylation is 1. The van der Waals surface area contributed by atoms with E-state index in [1.165, 1.54) is 37.6 Å². The van der Waals surface area contributed by atoms with Crippen molar-refractivity contribution in [3.8, 4) is 17.6 Å². The highest BCUT2D eigenvalue weighted by atomic mass is 35.5. The molecule has 1 amide bonds. The first-order valence-electron chi connectivity index (χ1n) is 10.0. The number of carbonyl (C=O) groups excluding carboxylic acids is 1. The van der Waals surface area contributed by atoms with Crippen molar-refractivity contribution in [2.24, 2.45) is 5.10 Å². The summed E-state index contributed by atoms with van der Waals surface area (Å²) in [6, 6.07) is 12.5. The zero-order chi connectivity index (χ0) is 25.5. The fourth-order valence-electron chi connectivity index (χ4n) is 3.08. The lowest BCUT2D eigenvalue weighted by Gasteiger charge is -2.11. The van der Waals surface area contributed by atoms with Gasteiger partial charge in [-0.05, 0) is 60.5 Å². The fraction of sp³-hybridized carbons (Fsp3) is 0.167. The van der Waals surface area contributed by atoms with Gasteiger partial charge in [-0.25, -0.2) is 19.2 Å². The van der Waals surface area contributed by atoms with E-state index in [0.29, 0.717) is 27.5 Å². The smallest absolute Gasteiger partial charge is 0.280 e. The number of phenolic OH excluding ortho intramolecular Hbond substituents is 1. The maximum absolute atomic E-state index is 13.2. The number of alkyl halides is 2. The van der Waals surface area contributed by atoms with Gasteiger partial charge in [-0.1, -0.05) is 11.6 Å². The van der Waals surface area contributed by atoms with Crippen LogP contribution in [0.4, 0.5) is 8.78 Å². The maximum atomic E-state index is 13.2. The number of benzene rings is 2. The summed E-state index contributed by atoms with van der Waals surface area (Å²) in [7, 11) is 1.50. The van der Waals surface area contributed by atoms with Crippen molar-refractivity contribution in [3.05, 3.63) is 81.0 Å². The van der Waals surface area contributed by atoms with Crippen molar-refractivity contribution in [1.82, 2.24) is 10.4 Å². The van der Waals surface area contributed by atoms with Crippen LogP contribution in [-0.4, -0.2) is 29.3 Å². The third-order valence-electron chi connectivity index (χ3n) is 4.79. The number of methoxy groups -OCH3 is 1. The number of aromatic hydroxyl groups is 1. The molecule has 0 aliphatic rings. The number of phenols is 1. The first kappa shape index (κ1) is 25.9. The highest BCUT2D eigenvalue weighted by Crippen LogP contribution is 2.32. The number of ether oxygens (including phenoxy) is 1. The molecule has 0 radical (unpaired) electrons. The predicted octanol–water partition coefficient (Wildman–Crippen LogP) is 5.62. The van der Waals surface area contributed by atoms with Crippen LogP contribution in [-0.2, 0) is 5.75 Å². The predicted molar refractivity (Wildman–Crippen MR) is 129 cm³/mol. The number of aromatic nitrogens is 1. The summed E-state index contributed by atoms with van der Waals surface area (Å²) in [4.78, 5) is 16.2. The number of hydrogen-bond acceptors (Lipinski definition) is 7. The monoisotopic (exact) mass is 516 g/mol. The Morgan fingerprint density at radius 1 is 1.34 bits per heavy atom. The number of pyridine rings is 1. The van der Waals surface area contributed by atoms with Crippen molar-refractivity contribution in [2.75, 3.05) is 7.11 Å². The molecule has 3 aromatic rings. The van der Waals surface area contributed by atoms with Crippen LogP contribution in [0.15, 0.2) is 52.6 Å². The lowest BCUT2D eigenvalue weighted by Crippen LogP contribution is -2.17. The molecule has 0 aliphatic carbocycles. The number of carbonyl (C=O) groups is 1. The molecular formula is C24H19ClF2N4O3S. The number of amides is 1.